The van der Waals surface area contributed by atoms with Crippen molar-refractivity contribution in [2.45, 2.75) is 0 Å². The van der Waals surface area contributed by atoms with Gasteiger partial charge in [0.1, 0.15) is 0 Å². The van der Waals surface area contributed by atoms with E-state index in [9.17, 15) is 0 Å². The van der Waals surface area contributed by atoms with Crippen molar-refractivity contribution in [2.75, 3.05) is 4.90 Å². The molecule has 2 heteroatoms. The molecule has 0 radical (unpaired) electrons. The van der Waals surface area contributed by atoms with E-state index in [1.165, 1.54) is 91.6 Å². The molecule has 0 spiro atoms. The number of thiophene rings is 1. The molecular weight excluding hydrogens is 695 g/mol. The molecule has 0 aliphatic heterocycles. The minimum atomic E-state index is 1.12. The highest BCUT2D eigenvalue weighted by atomic mass is 32.1. The molecule has 10 aromatic carbocycles. The molecule has 1 nitrogen and oxygen atoms in total. The van der Waals surface area contributed by atoms with Gasteiger partial charge in [-0.25, -0.2) is 0 Å². The number of anilines is 3. The molecule has 0 saturated carbocycles. The monoisotopic (exact) mass is 729 g/mol. The zero-order chi connectivity index (χ0) is 37.0. The molecule has 0 bridgehead atoms. The average molecular weight is 730 g/mol. The summed E-state index contributed by atoms with van der Waals surface area (Å²) in [4.78, 5) is 2.42. The first-order chi connectivity index (χ1) is 27.7. The van der Waals surface area contributed by atoms with Crippen LogP contribution < -0.4 is 4.90 Å². The topological polar surface area (TPSA) is 3.24 Å². The number of hydrogen-bond donors (Lipinski definition) is 0. The standard InChI is InChI=1S/C54H35NS/c1-3-15-46-38(10-1)12-8-18-48(46)42-14-7-13-40(34-42)36-24-29-44(30-25-36)55(51-19-9-21-53-54(51)50-17-5-6-20-52(50)56-53)45-31-26-37(27-32-45)41-28-33-49-43(35-41)23-22-39-11-2-4-16-47(39)49/h1-35H. The van der Waals surface area contributed by atoms with E-state index in [1.54, 1.807) is 0 Å². The largest absolute Gasteiger partial charge is 0.310 e. The summed E-state index contributed by atoms with van der Waals surface area (Å²) in [5.74, 6) is 0. The number of rotatable bonds is 6. The number of fused-ring (bicyclic) bond motifs is 7. The van der Waals surface area contributed by atoms with Crippen molar-refractivity contribution in [2.24, 2.45) is 0 Å². The summed E-state index contributed by atoms with van der Waals surface area (Å²) in [6.07, 6.45) is 0. The Morgan fingerprint density at radius 3 is 1.62 bits per heavy atom. The van der Waals surface area contributed by atoms with Gasteiger partial charge in [-0.15, -0.1) is 11.3 Å². The molecule has 11 aromatic rings. The van der Waals surface area contributed by atoms with Gasteiger partial charge in [-0.3, -0.25) is 0 Å². The van der Waals surface area contributed by atoms with Crippen LogP contribution in [0.15, 0.2) is 212 Å². The van der Waals surface area contributed by atoms with Crippen LogP contribution in [-0.2, 0) is 0 Å². The Hall–Kier alpha value is -7.00. The van der Waals surface area contributed by atoms with E-state index in [0.717, 1.165) is 11.4 Å². The number of benzene rings is 10. The first kappa shape index (κ1) is 32.4. The molecule has 56 heavy (non-hydrogen) atoms. The molecule has 0 amide bonds. The normalized spacial score (nSPS) is 11.6. The van der Waals surface area contributed by atoms with Crippen molar-refractivity contribution in [3.63, 3.8) is 0 Å². The van der Waals surface area contributed by atoms with Gasteiger partial charge in [0, 0.05) is 31.5 Å². The van der Waals surface area contributed by atoms with Crippen molar-refractivity contribution < 1.29 is 0 Å². The maximum Gasteiger partial charge on any atom is 0.0554 e. The van der Waals surface area contributed by atoms with E-state index in [-0.39, 0.29) is 0 Å². The van der Waals surface area contributed by atoms with Gasteiger partial charge in [0.25, 0.3) is 0 Å². The van der Waals surface area contributed by atoms with Gasteiger partial charge in [0.05, 0.1) is 5.69 Å². The third-order valence-corrected chi connectivity index (χ3v) is 12.4. The fourth-order valence-corrected chi connectivity index (χ4v) is 9.64. The highest BCUT2D eigenvalue weighted by Crippen LogP contribution is 2.45. The maximum atomic E-state index is 2.42. The highest BCUT2D eigenvalue weighted by Gasteiger charge is 2.19. The third-order valence-electron chi connectivity index (χ3n) is 11.2. The van der Waals surface area contributed by atoms with Gasteiger partial charge in [0.15, 0.2) is 0 Å². The fraction of sp³-hybridized carbons (Fsp3) is 0. The number of nitrogens with zero attached hydrogens (tertiary/aromatic N) is 1. The molecule has 1 aromatic heterocycles. The summed E-state index contributed by atoms with van der Waals surface area (Å²) in [6.45, 7) is 0. The minimum Gasteiger partial charge on any atom is -0.310 e. The summed E-state index contributed by atoms with van der Waals surface area (Å²) < 4.78 is 2.59. The fourth-order valence-electron chi connectivity index (χ4n) is 8.51. The van der Waals surface area contributed by atoms with Crippen molar-refractivity contribution in [1.82, 2.24) is 0 Å². The van der Waals surface area contributed by atoms with Gasteiger partial charge in [-0.2, -0.15) is 0 Å². The Morgan fingerprint density at radius 2 is 0.839 bits per heavy atom. The Kier molecular flexibility index (Phi) is 7.75. The smallest absolute Gasteiger partial charge is 0.0554 e. The SMILES string of the molecule is c1cc(-c2ccc(N(c3ccc(-c4ccc5c(ccc6ccccc65)c4)cc3)c3cccc4sc5ccccc5c34)cc2)cc(-c2cccc3ccccc23)c1. The van der Waals surface area contributed by atoms with Crippen LogP contribution in [0.2, 0.25) is 0 Å². The van der Waals surface area contributed by atoms with Crippen LogP contribution in [0.4, 0.5) is 17.1 Å². The van der Waals surface area contributed by atoms with Crippen molar-refractivity contribution >= 4 is 80.9 Å². The molecule has 0 fully saturated rings. The van der Waals surface area contributed by atoms with E-state index in [0.29, 0.717) is 0 Å². The second-order valence-electron chi connectivity index (χ2n) is 14.5. The minimum absolute atomic E-state index is 1.12. The van der Waals surface area contributed by atoms with Crippen molar-refractivity contribution in [3.05, 3.63) is 212 Å². The van der Waals surface area contributed by atoms with Crippen molar-refractivity contribution in [3.8, 4) is 33.4 Å². The van der Waals surface area contributed by atoms with Crippen LogP contribution in [0.3, 0.4) is 0 Å². The van der Waals surface area contributed by atoms with Gasteiger partial charge < -0.3 is 4.90 Å². The lowest BCUT2D eigenvalue weighted by atomic mass is 9.95. The Bertz CT molecular complexity index is 3240. The summed E-state index contributed by atoms with van der Waals surface area (Å²) in [5, 5.41) is 10.2. The zero-order valence-corrected chi connectivity index (χ0v) is 31.4. The van der Waals surface area contributed by atoms with Gasteiger partial charge >= 0.3 is 0 Å². The molecule has 0 atom stereocenters. The van der Waals surface area contributed by atoms with Gasteiger partial charge in [-0.05, 0) is 120 Å². The van der Waals surface area contributed by atoms with Crippen LogP contribution in [0.5, 0.6) is 0 Å². The van der Waals surface area contributed by atoms with Crippen LogP contribution in [-0.4, -0.2) is 0 Å². The van der Waals surface area contributed by atoms with Crippen molar-refractivity contribution in [1.29, 1.82) is 0 Å². The summed E-state index contributed by atoms with van der Waals surface area (Å²) in [7, 11) is 0. The Morgan fingerprint density at radius 1 is 0.304 bits per heavy atom. The second-order valence-corrected chi connectivity index (χ2v) is 15.6. The first-order valence-corrected chi connectivity index (χ1v) is 20.0. The lowest BCUT2D eigenvalue weighted by Crippen LogP contribution is -2.10. The van der Waals surface area contributed by atoms with Crippen LogP contribution >= 0.6 is 11.3 Å². The Labute approximate surface area is 330 Å². The first-order valence-electron chi connectivity index (χ1n) is 19.2. The van der Waals surface area contributed by atoms with E-state index in [4.69, 9.17) is 0 Å². The quantitative estimate of drug-likeness (QED) is 0.154. The average Bonchev–Trinajstić information content (AvgIpc) is 3.66. The van der Waals surface area contributed by atoms with E-state index < -0.39 is 0 Å². The summed E-state index contributed by atoms with van der Waals surface area (Å²) >= 11 is 1.86. The lowest BCUT2D eigenvalue weighted by Gasteiger charge is -2.27. The molecule has 0 aliphatic rings. The molecule has 0 unspecified atom stereocenters. The van der Waals surface area contributed by atoms with E-state index in [1.807, 2.05) is 11.3 Å². The molecular formula is C54H35NS. The van der Waals surface area contributed by atoms with E-state index in [2.05, 4.69) is 217 Å². The second kappa shape index (κ2) is 13.4. The van der Waals surface area contributed by atoms with Crippen LogP contribution in [0, 0.1) is 0 Å². The third kappa shape index (κ3) is 5.54. The molecule has 0 N–H and O–H groups in total. The van der Waals surface area contributed by atoms with Crippen LogP contribution in [0.25, 0.3) is 85.9 Å². The molecule has 11 rings (SSSR count). The zero-order valence-electron chi connectivity index (χ0n) is 30.6. The molecule has 0 saturated heterocycles. The molecule has 0 aliphatic carbocycles. The summed E-state index contributed by atoms with van der Waals surface area (Å²) in [5.41, 5.74) is 10.7. The lowest BCUT2D eigenvalue weighted by molar-refractivity contribution is 1.30. The predicted octanol–water partition coefficient (Wildman–Crippen LogP) is 16.0. The maximum absolute atomic E-state index is 2.42. The Balaban J connectivity index is 1.00. The highest BCUT2D eigenvalue weighted by molar-refractivity contribution is 7.26. The molecule has 262 valence electrons. The van der Waals surface area contributed by atoms with Gasteiger partial charge in [-0.1, -0.05) is 158 Å². The predicted molar refractivity (Wildman–Crippen MR) is 243 cm³/mol. The molecule has 1 heterocycles. The van der Waals surface area contributed by atoms with Gasteiger partial charge in [0.2, 0.25) is 0 Å². The number of hydrogen-bond acceptors (Lipinski definition) is 2. The van der Waals surface area contributed by atoms with E-state index >= 15 is 0 Å². The van der Waals surface area contributed by atoms with Crippen LogP contribution in [0.1, 0.15) is 0 Å². The summed E-state index contributed by atoms with van der Waals surface area (Å²) in [6, 6.07) is 77.7.